The normalized spacial score (nSPS) is 15.4. The fraction of sp³-hybridized carbons (Fsp3) is 0.440. The van der Waals surface area contributed by atoms with Crippen molar-refractivity contribution in [3.8, 4) is 17.1 Å². The second-order valence-corrected chi connectivity index (χ2v) is 8.89. The Bertz CT molecular complexity index is 1250. The molecule has 10 heteroatoms. The van der Waals surface area contributed by atoms with Crippen LogP contribution in [0.15, 0.2) is 24.4 Å². The van der Waals surface area contributed by atoms with Crippen molar-refractivity contribution in [2.75, 3.05) is 57.2 Å². The minimum absolute atomic E-state index is 0.312. The first-order valence-corrected chi connectivity index (χ1v) is 12.0. The van der Waals surface area contributed by atoms with E-state index < -0.39 is 5.97 Å². The number of hydrogen-bond acceptors (Lipinski definition) is 9. The van der Waals surface area contributed by atoms with E-state index in [1.54, 1.807) is 18.7 Å². The van der Waals surface area contributed by atoms with Crippen LogP contribution in [0.2, 0.25) is 0 Å². The van der Waals surface area contributed by atoms with Crippen molar-refractivity contribution in [1.82, 2.24) is 24.6 Å². The molecule has 35 heavy (non-hydrogen) atoms. The molecule has 2 aromatic heterocycles. The number of methoxy groups -OCH3 is 1. The molecule has 0 unspecified atom stereocenters. The van der Waals surface area contributed by atoms with Gasteiger partial charge in [-0.25, -0.2) is 14.8 Å². The average Bonchev–Trinajstić information content (AvgIpc) is 3.22. The van der Waals surface area contributed by atoms with Crippen LogP contribution in [0.4, 0.5) is 17.3 Å². The molecule has 0 bridgehead atoms. The number of rotatable bonds is 6. The molecule has 1 aliphatic heterocycles. The number of nitrogens with zero attached hydrogens (tertiary/aromatic N) is 6. The molecule has 5 rings (SSSR count). The van der Waals surface area contributed by atoms with E-state index in [1.165, 1.54) is 0 Å². The number of esters is 1. The first-order valence-electron chi connectivity index (χ1n) is 12.0. The SMILES string of the molecule is CCOC(=O)c1nn(C)c2c1CCc1cnc(Nc3ccc(N4CCN(C)CC4)cc3OC)nc1-2. The maximum absolute atomic E-state index is 12.4. The van der Waals surface area contributed by atoms with E-state index in [-0.39, 0.29) is 0 Å². The molecule has 1 N–H and O–H groups in total. The third kappa shape index (κ3) is 4.41. The van der Waals surface area contributed by atoms with Crippen molar-refractivity contribution >= 4 is 23.3 Å². The minimum Gasteiger partial charge on any atom is -0.494 e. The van der Waals surface area contributed by atoms with Gasteiger partial charge in [0.1, 0.15) is 5.75 Å². The molecule has 3 aromatic rings. The molecule has 3 heterocycles. The standard InChI is InChI=1S/C25H31N7O3/c1-5-35-24(33)22-18-8-6-16-15-26-25(28-21(16)23(18)31(3)29-22)27-19-9-7-17(14-20(19)34-4)32-12-10-30(2)11-13-32/h7,9,14-15H,5-6,8,10-13H2,1-4H3,(H,26,27,28). The lowest BCUT2D eigenvalue weighted by Gasteiger charge is -2.34. The zero-order chi connectivity index (χ0) is 24.5. The number of aryl methyl sites for hydroxylation is 2. The summed E-state index contributed by atoms with van der Waals surface area (Å²) in [6.07, 6.45) is 3.28. The molecule has 0 radical (unpaired) electrons. The van der Waals surface area contributed by atoms with Crippen LogP contribution < -0.4 is 15.0 Å². The second kappa shape index (κ2) is 9.53. The van der Waals surface area contributed by atoms with Gasteiger partial charge in [-0.1, -0.05) is 0 Å². The van der Waals surface area contributed by atoms with E-state index in [0.717, 1.165) is 72.2 Å². The lowest BCUT2D eigenvalue weighted by molar-refractivity contribution is 0.0517. The predicted octanol–water partition coefficient (Wildman–Crippen LogP) is 2.66. The summed E-state index contributed by atoms with van der Waals surface area (Å²) in [5, 5.41) is 7.76. The minimum atomic E-state index is -0.398. The number of piperazine rings is 1. The summed E-state index contributed by atoms with van der Waals surface area (Å²) >= 11 is 0. The summed E-state index contributed by atoms with van der Waals surface area (Å²) < 4.78 is 12.6. The second-order valence-electron chi connectivity index (χ2n) is 8.89. The van der Waals surface area contributed by atoms with Gasteiger partial charge in [0, 0.05) is 56.7 Å². The first-order chi connectivity index (χ1) is 17.0. The van der Waals surface area contributed by atoms with Crippen molar-refractivity contribution in [2.45, 2.75) is 19.8 Å². The Hall–Kier alpha value is -3.66. The van der Waals surface area contributed by atoms with Gasteiger partial charge in [0.15, 0.2) is 5.69 Å². The van der Waals surface area contributed by atoms with E-state index in [2.05, 4.69) is 44.4 Å². The quantitative estimate of drug-likeness (QED) is 0.537. The zero-order valence-corrected chi connectivity index (χ0v) is 20.7. The molecule has 1 saturated heterocycles. The molecule has 10 nitrogen and oxygen atoms in total. The maximum atomic E-state index is 12.4. The van der Waals surface area contributed by atoms with Gasteiger partial charge in [-0.15, -0.1) is 0 Å². The molecule has 1 aliphatic carbocycles. The van der Waals surface area contributed by atoms with Crippen LogP contribution in [0.5, 0.6) is 5.75 Å². The molecule has 1 aromatic carbocycles. The number of carbonyl (C=O) groups is 1. The predicted molar refractivity (Wildman–Crippen MR) is 134 cm³/mol. The number of hydrogen-bond donors (Lipinski definition) is 1. The Kier molecular flexibility index (Phi) is 6.29. The molecular weight excluding hydrogens is 446 g/mol. The number of fused-ring (bicyclic) bond motifs is 3. The molecule has 2 aliphatic rings. The van der Waals surface area contributed by atoms with Gasteiger partial charge in [0.2, 0.25) is 5.95 Å². The van der Waals surface area contributed by atoms with Crippen molar-refractivity contribution in [3.05, 3.63) is 41.2 Å². The molecular formula is C25H31N7O3. The van der Waals surface area contributed by atoms with Crippen LogP contribution in [-0.2, 0) is 24.6 Å². The van der Waals surface area contributed by atoms with Crippen LogP contribution in [0.25, 0.3) is 11.4 Å². The lowest BCUT2D eigenvalue weighted by Crippen LogP contribution is -2.44. The molecule has 0 spiro atoms. The van der Waals surface area contributed by atoms with Gasteiger partial charge in [-0.05, 0) is 44.5 Å². The van der Waals surface area contributed by atoms with Crippen LogP contribution in [0.3, 0.4) is 0 Å². The van der Waals surface area contributed by atoms with Crippen LogP contribution in [0.1, 0.15) is 28.5 Å². The van der Waals surface area contributed by atoms with E-state index in [4.69, 9.17) is 14.5 Å². The topological polar surface area (TPSA) is 97.6 Å². The van der Waals surface area contributed by atoms with Gasteiger partial charge in [-0.3, -0.25) is 4.68 Å². The number of likely N-dealkylation sites (N-methyl/N-ethyl adjacent to an activating group) is 1. The number of aromatic nitrogens is 4. The van der Waals surface area contributed by atoms with Crippen molar-refractivity contribution in [1.29, 1.82) is 0 Å². The van der Waals surface area contributed by atoms with Gasteiger partial charge >= 0.3 is 5.97 Å². The summed E-state index contributed by atoms with van der Waals surface area (Å²) in [6, 6.07) is 6.15. The molecule has 0 atom stereocenters. The molecule has 184 valence electrons. The highest BCUT2D eigenvalue weighted by molar-refractivity contribution is 5.91. The van der Waals surface area contributed by atoms with E-state index >= 15 is 0 Å². The highest BCUT2D eigenvalue weighted by atomic mass is 16.5. The lowest BCUT2D eigenvalue weighted by atomic mass is 9.93. The summed E-state index contributed by atoms with van der Waals surface area (Å²) in [4.78, 5) is 26.5. The van der Waals surface area contributed by atoms with Crippen molar-refractivity contribution in [3.63, 3.8) is 0 Å². The number of carbonyl (C=O) groups excluding carboxylic acids is 1. The third-order valence-electron chi connectivity index (χ3n) is 6.65. The molecule has 0 amide bonds. The van der Waals surface area contributed by atoms with E-state index in [0.29, 0.717) is 24.7 Å². The number of benzene rings is 1. The highest BCUT2D eigenvalue weighted by Crippen LogP contribution is 2.36. The van der Waals surface area contributed by atoms with E-state index in [9.17, 15) is 4.79 Å². The monoisotopic (exact) mass is 477 g/mol. The van der Waals surface area contributed by atoms with E-state index in [1.807, 2.05) is 19.3 Å². The highest BCUT2D eigenvalue weighted by Gasteiger charge is 2.29. The molecule has 1 fully saturated rings. The fourth-order valence-corrected chi connectivity index (χ4v) is 4.74. The van der Waals surface area contributed by atoms with Gasteiger partial charge in [0.25, 0.3) is 0 Å². The van der Waals surface area contributed by atoms with Crippen molar-refractivity contribution in [2.24, 2.45) is 7.05 Å². The number of anilines is 3. The summed E-state index contributed by atoms with van der Waals surface area (Å²) in [6.45, 7) is 6.16. The fourth-order valence-electron chi connectivity index (χ4n) is 4.74. The van der Waals surface area contributed by atoms with Crippen molar-refractivity contribution < 1.29 is 14.3 Å². The van der Waals surface area contributed by atoms with Gasteiger partial charge < -0.3 is 24.6 Å². The maximum Gasteiger partial charge on any atom is 0.359 e. The smallest absolute Gasteiger partial charge is 0.359 e. The summed E-state index contributed by atoms with van der Waals surface area (Å²) in [5.41, 5.74) is 5.80. The van der Waals surface area contributed by atoms with Crippen LogP contribution in [-0.4, -0.2) is 77.6 Å². The third-order valence-corrected chi connectivity index (χ3v) is 6.65. The number of nitrogens with one attached hydrogen (secondary N) is 1. The van der Waals surface area contributed by atoms with Gasteiger partial charge in [-0.2, -0.15) is 5.10 Å². The molecule has 0 saturated carbocycles. The van der Waals surface area contributed by atoms with Crippen LogP contribution in [0, 0.1) is 0 Å². The Labute approximate surface area is 204 Å². The average molecular weight is 478 g/mol. The number of ether oxygens (including phenoxy) is 2. The Balaban J connectivity index is 1.43. The Morgan fingerprint density at radius 3 is 2.69 bits per heavy atom. The summed E-state index contributed by atoms with van der Waals surface area (Å²) in [7, 11) is 5.64. The zero-order valence-electron chi connectivity index (χ0n) is 20.7. The Morgan fingerprint density at radius 2 is 1.94 bits per heavy atom. The first kappa shape index (κ1) is 23.1. The largest absolute Gasteiger partial charge is 0.494 e. The van der Waals surface area contributed by atoms with Gasteiger partial charge in [0.05, 0.1) is 30.8 Å². The Morgan fingerprint density at radius 1 is 1.14 bits per heavy atom. The van der Waals surface area contributed by atoms with Crippen LogP contribution >= 0.6 is 0 Å². The summed E-state index contributed by atoms with van der Waals surface area (Å²) in [5.74, 6) is 0.792.